The number of anilines is 2. The smallest absolute Gasteiger partial charge is 0.161 e. The highest BCUT2D eigenvalue weighted by Gasteiger charge is 2.38. The summed E-state index contributed by atoms with van der Waals surface area (Å²) in [6, 6.07) is 25.0. The van der Waals surface area contributed by atoms with Gasteiger partial charge in [-0.25, -0.2) is 0 Å². The standard InChI is InChI=1S/C38H34N2O4/c1-43-23-13-9-21(10-14-23)33-27-19-17-26-25(37(27)39-29-5-3-7-31(41)35(29)33)18-20-28-34(22-11-15-24(44-2)16-12-22)36-30(40-38(26)28)6-4-8-32(36)42/h9-20,33-34,39-40H,3-8H2,1-2H3. The first-order valence-corrected chi connectivity index (χ1v) is 15.5. The van der Waals surface area contributed by atoms with Crippen LogP contribution in [0.4, 0.5) is 11.4 Å². The largest absolute Gasteiger partial charge is 0.497 e. The third-order valence-electron chi connectivity index (χ3n) is 9.83. The Morgan fingerprint density at radius 2 is 0.955 bits per heavy atom. The second-order valence-electron chi connectivity index (χ2n) is 12.2. The molecule has 2 aliphatic heterocycles. The number of ketones is 2. The summed E-state index contributed by atoms with van der Waals surface area (Å²) < 4.78 is 10.9. The third-order valence-corrected chi connectivity index (χ3v) is 9.83. The highest BCUT2D eigenvalue weighted by Crippen LogP contribution is 2.52. The minimum absolute atomic E-state index is 0.148. The van der Waals surface area contributed by atoms with Gasteiger partial charge < -0.3 is 20.1 Å². The van der Waals surface area contributed by atoms with Crippen LogP contribution >= 0.6 is 0 Å². The zero-order chi connectivity index (χ0) is 29.9. The van der Waals surface area contributed by atoms with Crippen molar-refractivity contribution in [3.05, 3.63) is 118 Å². The van der Waals surface area contributed by atoms with Gasteiger partial charge in [0.1, 0.15) is 11.5 Å². The summed E-state index contributed by atoms with van der Waals surface area (Å²) in [5, 5.41) is 9.71. The predicted molar refractivity (Wildman–Crippen MR) is 173 cm³/mol. The van der Waals surface area contributed by atoms with Crippen molar-refractivity contribution in [1.29, 1.82) is 0 Å². The van der Waals surface area contributed by atoms with Crippen molar-refractivity contribution in [3.8, 4) is 11.5 Å². The Kier molecular flexibility index (Phi) is 6.33. The number of carbonyl (C=O) groups excluding carboxylic acids is 2. The van der Waals surface area contributed by atoms with Gasteiger partial charge in [-0.15, -0.1) is 0 Å². The molecule has 6 heteroatoms. The maximum atomic E-state index is 13.4. The van der Waals surface area contributed by atoms with E-state index in [1.54, 1.807) is 14.2 Å². The molecule has 0 aromatic heterocycles. The predicted octanol–water partition coefficient (Wildman–Crippen LogP) is 7.99. The van der Waals surface area contributed by atoms with Crippen molar-refractivity contribution in [1.82, 2.24) is 0 Å². The Hall–Kier alpha value is -4.84. The molecule has 0 saturated heterocycles. The van der Waals surface area contributed by atoms with Crippen molar-refractivity contribution >= 4 is 33.7 Å². The van der Waals surface area contributed by atoms with E-state index in [4.69, 9.17) is 9.47 Å². The number of methoxy groups -OCH3 is 2. The van der Waals surface area contributed by atoms with Gasteiger partial charge >= 0.3 is 0 Å². The molecular weight excluding hydrogens is 548 g/mol. The van der Waals surface area contributed by atoms with E-state index in [-0.39, 0.29) is 23.4 Å². The Morgan fingerprint density at radius 3 is 1.34 bits per heavy atom. The number of ether oxygens (including phenoxy) is 2. The van der Waals surface area contributed by atoms with Gasteiger partial charge in [0.05, 0.1) is 25.6 Å². The number of rotatable bonds is 4. The van der Waals surface area contributed by atoms with E-state index in [9.17, 15) is 9.59 Å². The molecule has 4 aromatic carbocycles. The molecule has 220 valence electrons. The van der Waals surface area contributed by atoms with E-state index in [0.717, 1.165) is 104 Å². The van der Waals surface area contributed by atoms with Crippen LogP contribution in [0.25, 0.3) is 10.8 Å². The molecule has 0 amide bonds. The average Bonchev–Trinajstić information content (AvgIpc) is 3.06. The summed E-state index contributed by atoms with van der Waals surface area (Å²) >= 11 is 0. The molecule has 8 rings (SSSR count). The highest BCUT2D eigenvalue weighted by atomic mass is 16.5. The molecule has 4 aliphatic rings. The van der Waals surface area contributed by atoms with E-state index in [0.29, 0.717) is 12.8 Å². The monoisotopic (exact) mass is 582 g/mol. The van der Waals surface area contributed by atoms with Gasteiger partial charge in [0.25, 0.3) is 0 Å². The van der Waals surface area contributed by atoms with Crippen LogP contribution in [0.3, 0.4) is 0 Å². The average molecular weight is 583 g/mol. The lowest BCUT2D eigenvalue weighted by molar-refractivity contribution is -0.117. The maximum Gasteiger partial charge on any atom is 0.161 e. The Labute approximate surface area is 256 Å². The molecule has 4 aromatic rings. The number of benzene rings is 4. The van der Waals surface area contributed by atoms with Crippen LogP contribution in [0.5, 0.6) is 11.5 Å². The molecule has 2 atom stereocenters. The Balaban J connectivity index is 1.32. The lowest BCUT2D eigenvalue weighted by Crippen LogP contribution is -2.28. The molecule has 0 saturated carbocycles. The normalized spacial score (nSPS) is 20.7. The molecule has 0 fully saturated rings. The van der Waals surface area contributed by atoms with Crippen LogP contribution in [-0.4, -0.2) is 25.8 Å². The lowest BCUT2D eigenvalue weighted by atomic mass is 9.73. The van der Waals surface area contributed by atoms with Gasteiger partial charge in [-0.05, 0) is 72.2 Å². The zero-order valence-electron chi connectivity index (χ0n) is 25.0. The van der Waals surface area contributed by atoms with Crippen LogP contribution in [0, 0.1) is 0 Å². The number of fused-ring (bicyclic) bond motifs is 5. The summed E-state index contributed by atoms with van der Waals surface area (Å²) in [7, 11) is 3.34. The lowest BCUT2D eigenvalue weighted by Gasteiger charge is -2.37. The fourth-order valence-corrected chi connectivity index (χ4v) is 7.75. The number of Topliss-reactive ketones (excluding diaryl/α,β-unsaturated/α-hetero) is 2. The summed E-state index contributed by atoms with van der Waals surface area (Å²) in [4.78, 5) is 26.8. The second kappa shape index (κ2) is 10.4. The van der Waals surface area contributed by atoms with Crippen molar-refractivity contribution < 1.29 is 19.1 Å². The molecular formula is C38H34N2O4. The molecule has 6 nitrogen and oxygen atoms in total. The number of allylic oxidation sites excluding steroid dienone is 4. The van der Waals surface area contributed by atoms with Gasteiger partial charge in [0.15, 0.2) is 11.6 Å². The van der Waals surface area contributed by atoms with Crippen LogP contribution in [0.15, 0.2) is 95.3 Å². The Morgan fingerprint density at radius 1 is 0.545 bits per heavy atom. The minimum atomic E-state index is -0.148. The molecule has 2 heterocycles. The van der Waals surface area contributed by atoms with Crippen molar-refractivity contribution in [3.63, 3.8) is 0 Å². The van der Waals surface area contributed by atoms with Crippen molar-refractivity contribution in [2.24, 2.45) is 0 Å². The van der Waals surface area contributed by atoms with Crippen LogP contribution in [0.2, 0.25) is 0 Å². The minimum Gasteiger partial charge on any atom is -0.497 e. The molecule has 44 heavy (non-hydrogen) atoms. The van der Waals surface area contributed by atoms with Gasteiger partial charge in [0.2, 0.25) is 0 Å². The van der Waals surface area contributed by atoms with E-state index >= 15 is 0 Å². The van der Waals surface area contributed by atoms with Gasteiger partial charge in [-0.1, -0.05) is 48.5 Å². The molecule has 0 bridgehead atoms. The fourth-order valence-electron chi connectivity index (χ4n) is 7.75. The van der Waals surface area contributed by atoms with Gasteiger partial charge in [-0.2, -0.15) is 0 Å². The molecule has 2 aliphatic carbocycles. The Bertz CT molecular complexity index is 1780. The highest BCUT2D eigenvalue weighted by molar-refractivity contribution is 6.10. The van der Waals surface area contributed by atoms with Crippen molar-refractivity contribution in [2.45, 2.75) is 50.4 Å². The molecule has 2 unspecified atom stereocenters. The fraction of sp³-hybridized carbons (Fsp3) is 0.263. The first-order valence-electron chi connectivity index (χ1n) is 15.5. The number of carbonyl (C=O) groups is 2. The van der Waals surface area contributed by atoms with Crippen LogP contribution < -0.4 is 20.1 Å². The maximum absolute atomic E-state index is 13.4. The van der Waals surface area contributed by atoms with E-state index in [1.807, 2.05) is 24.3 Å². The van der Waals surface area contributed by atoms with Gasteiger partial charge in [-0.3, -0.25) is 9.59 Å². The molecule has 0 radical (unpaired) electrons. The van der Waals surface area contributed by atoms with Crippen molar-refractivity contribution in [2.75, 3.05) is 24.9 Å². The summed E-state index contributed by atoms with van der Waals surface area (Å²) in [6.07, 6.45) is 4.57. The summed E-state index contributed by atoms with van der Waals surface area (Å²) in [5.41, 5.74) is 10.3. The first kappa shape index (κ1) is 26.8. The quantitative estimate of drug-likeness (QED) is 0.254. The topological polar surface area (TPSA) is 76.7 Å². The van der Waals surface area contributed by atoms with Crippen LogP contribution in [0.1, 0.15) is 72.6 Å². The number of nitrogens with one attached hydrogen (secondary N) is 2. The van der Waals surface area contributed by atoms with Crippen LogP contribution in [-0.2, 0) is 9.59 Å². The van der Waals surface area contributed by atoms with E-state index in [2.05, 4.69) is 59.2 Å². The molecule has 0 spiro atoms. The number of hydrogen-bond donors (Lipinski definition) is 2. The SMILES string of the molecule is COc1ccc(C2C3=C(CCCC3=O)Nc3c2ccc2c4c(ccc32)C(c2ccc(OC)cc2)C2=C(CCCC2=O)N4)cc1. The van der Waals surface area contributed by atoms with E-state index < -0.39 is 0 Å². The van der Waals surface area contributed by atoms with Gasteiger partial charge in [0, 0.05) is 58.0 Å². The summed E-state index contributed by atoms with van der Waals surface area (Å²) in [6.45, 7) is 0. The summed E-state index contributed by atoms with van der Waals surface area (Å²) in [5.74, 6) is 1.74. The number of hydrogen-bond acceptors (Lipinski definition) is 6. The third kappa shape index (κ3) is 4.08. The first-order chi connectivity index (χ1) is 21.6. The van der Waals surface area contributed by atoms with E-state index in [1.165, 1.54) is 0 Å². The molecule has 2 N–H and O–H groups in total. The second-order valence-corrected chi connectivity index (χ2v) is 12.2. The zero-order valence-corrected chi connectivity index (χ0v) is 25.0.